The second kappa shape index (κ2) is 10.9. The third-order valence-electron chi connectivity index (χ3n) is 6.30. The summed E-state index contributed by atoms with van der Waals surface area (Å²) in [7, 11) is 0. The van der Waals surface area contributed by atoms with Crippen LogP contribution in [0.4, 0.5) is 0 Å². The Morgan fingerprint density at radius 1 is 0.548 bits per heavy atom. The zero-order chi connectivity index (χ0) is 22.1. The molecule has 0 heterocycles. The minimum absolute atomic E-state index is 0.175. The van der Waals surface area contributed by atoms with Crippen molar-refractivity contribution >= 4 is 0 Å². The van der Waals surface area contributed by atoms with E-state index in [1.54, 1.807) is 36.4 Å². The molecule has 0 saturated heterocycles. The quantitative estimate of drug-likeness (QED) is 0.291. The van der Waals surface area contributed by atoms with E-state index < -0.39 is 0 Å². The third kappa shape index (κ3) is 6.04. The fraction of sp³-hybridized carbons (Fsp3) is 0.357. The predicted molar refractivity (Wildman–Crippen MR) is 127 cm³/mol. The standard InChI is InChI=1S/C28H34O3/c1-2-3-4-5-20-28(23-10-16-26(30)17-11-23,24-12-18-27(31)19-13-24)21-6-7-22-8-14-25(29)15-9-22/h8-19,29-31H,2-7,20-21H2,1H3. The number of phenolic OH excluding ortho intramolecular Hbond substituents is 3. The molecule has 31 heavy (non-hydrogen) atoms. The van der Waals surface area contributed by atoms with Crippen LogP contribution in [-0.2, 0) is 11.8 Å². The van der Waals surface area contributed by atoms with E-state index in [0.29, 0.717) is 5.75 Å². The number of aryl methyl sites for hydroxylation is 1. The average Bonchev–Trinajstić information content (AvgIpc) is 2.78. The van der Waals surface area contributed by atoms with Crippen molar-refractivity contribution < 1.29 is 15.3 Å². The molecule has 0 radical (unpaired) electrons. The number of rotatable bonds is 11. The molecular formula is C28H34O3. The fourth-order valence-electron chi connectivity index (χ4n) is 4.54. The van der Waals surface area contributed by atoms with Gasteiger partial charge in [-0.05, 0) is 78.8 Å². The number of aromatic hydroxyl groups is 3. The van der Waals surface area contributed by atoms with Gasteiger partial charge in [0.05, 0.1) is 0 Å². The van der Waals surface area contributed by atoms with Gasteiger partial charge in [0.15, 0.2) is 0 Å². The second-order valence-corrected chi connectivity index (χ2v) is 8.51. The normalized spacial score (nSPS) is 11.5. The Hall–Kier alpha value is -2.94. The molecule has 0 spiro atoms. The van der Waals surface area contributed by atoms with E-state index in [1.807, 2.05) is 36.4 Å². The molecule has 3 N–H and O–H groups in total. The van der Waals surface area contributed by atoms with E-state index in [4.69, 9.17) is 0 Å². The Balaban J connectivity index is 1.92. The molecule has 0 atom stereocenters. The van der Waals surface area contributed by atoms with Crippen molar-refractivity contribution in [3.8, 4) is 17.2 Å². The minimum atomic E-state index is -0.175. The molecule has 0 aromatic heterocycles. The SMILES string of the molecule is CCCCCCC(CCCc1ccc(O)cc1)(c1ccc(O)cc1)c1ccc(O)cc1. The molecular weight excluding hydrogens is 384 g/mol. The lowest BCUT2D eigenvalue weighted by molar-refractivity contribution is 0.399. The third-order valence-corrected chi connectivity index (χ3v) is 6.30. The zero-order valence-electron chi connectivity index (χ0n) is 18.4. The summed E-state index contributed by atoms with van der Waals surface area (Å²) < 4.78 is 0. The number of unbranched alkanes of at least 4 members (excludes halogenated alkanes) is 3. The molecule has 0 bridgehead atoms. The van der Waals surface area contributed by atoms with Crippen molar-refractivity contribution in [3.05, 3.63) is 89.5 Å². The highest BCUT2D eigenvalue weighted by atomic mass is 16.3. The zero-order valence-corrected chi connectivity index (χ0v) is 18.4. The van der Waals surface area contributed by atoms with Crippen LogP contribution in [0.2, 0.25) is 0 Å². The van der Waals surface area contributed by atoms with Crippen molar-refractivity contribution in [2.75, 3.05) is 0 Å². The van der Waals surface area contributed by atoms with Gasteiger partial charge in [-0.15, -0.1) is 0 Å². The molecule has 3 heteroatoms. The summed E-state index contributed by atoms with van der Waals surface area (Å²) in [5, 5.41) is 29.3. The first-order chi connectivity index (χ1) is 15.0. The topological polar surface area (TPSA) is 60.7 Å². The molecule has 3 nitrogen and oxygen atoms in total. The van der Waals surface area contributed by atoms with Crippen LogP contribution in [0.15, 0.2) is 72.8 Å². The van der Waals surface area contributed by atoms with Crippen molar-refractivity contribution in [2.45, 2.75) is 63.7 Å². The maximum atomic E-state index is 9.87. The van der Waals surface area contributed by atoms with E-state index >= 15 is 0 Å². The van der Waals surface area contributed by atoms with Crippen LogP contribution in [0.25, 0.3) is 0 Å². The summed E-state index contributed by atoms with van der Waals surface area (Å²) >= 11 is 0. The van der Waals surface area contributed by atoms with Crippen LogP contribution in [0.1, 0.15) is 68.6 Å². The van der Waals surface area contributed by atoms with Crippen molar-refractivity contribution in [3.63, 3.8) is 0 Å². The van der Waals surface area contributed by atoms with Crippen LogP contribution in [-0.4, -0.2) is 15.3 Å². The van der Waals surface area contributed by atoms with Crippen molar-refractivity contribution in [2.24, 2.45) is 0 Å². The summed E-state index contributed by atoms with van der Waals surface area (Å²) in [6.07, 6.45) is 8.70. The summed E-state index contributed by atoms with van der Waals surface area (Å²) in [4.78, 5) is 0. The first-order valence-electron chi connectivity index (χ1n) is 11.4. The van der Waals surface area contributed by atoms with Gasteiger partial charge in [0, 0.05) is 5.41 Å². The molecule has 3 rings (SSSR count). The Labute approximate surface area is 186 Å². The Bertz CT molecular complexity index is 866. The van der Waals surface area contributed by atoms with Gasteiger partial charge in [-0.1, -0.05) is 69.0 Å². The van der Waals surface area contributed by atoms with Gasteiger partial charge in [0.25, 0.3) is 0 Å². The largest absolute Gasteiger partial charge is 0.508 e. The first-order valence-corrected chi connectivity index (χ1v) is 11.4. The molecule has 0 aliphatic heterocycles. The van der Waals surface area contributed by atoms with E-state index in [0.717, 1.165) is 32.1 Å². The molecule has 0 fully saturated rings. The molecule has 0 saturated carbocycles. The minimum Gasteiger partial charge on any atom is -0.508 e. The maximum absolute atomic E-state index is 9.87. The van der Waals surface area contributed by atoms with Gasteiger partial charge in [-0.3, -0.25) is 0 Å². The Morgan fingerprint density at radius 3 is 1.48 bits per heavy atom. The van der Waals surface area contributed by atoms with Crippen LogP contribution in [0.3, 0.4) is 0 Å². The number of benzene rings is 3. The summed E-state index contributed by atoms with van der Waals surface area (Å²) in [5.74, 6) is 0.846. The highest BCUT2D eigenvalue weighted by molar-refractivity contribution is 5.43. The lowest BCUT2D eigenvalue weighted by Crippen LogP contribution is -2.28. The van der Waals surface area contributed by atoms with Crippen molar-refractivity contribution in [1.29, 1.82) is 0 Å². The number of hydrogen-bond acceptors (Lipinski definition) is 3. The molecule has 0 aliphatic carbocycles. The van der Waals surface area contributed by atoms with E-state index in [-0.39, 0.29) is 16.9 Å². The highest BCUT2D eigenvalue weighted by Crippen LogP contribution is 2.43. The molecule has 3 aromatic carbocycles. The summed E-state index contributed by atoms with van der Waals surface area (Å²) in [6.45, 7) is 2.23. The second-order valence-electron chi connectivity index (χ2n) is 8.51. The molecule has 164 valence electrons. The Kier molecular flexibility index (Phi) is 8.00. The first kappa shape index (κ1) is 22.7. The summed E-state index contributed by atoms with van der Waals surface area (Å²) in [6, 6.07) is 22.7. The highest BCUT2D eigenvalue weighted by Gasteiger charge is 2.33. The van der Waals surface area contributed by atoms with Gasteiger partial charge < -0.3 is 15.3 Å². The average molecular weight is 419 g/mol. The van der Waals surface area contributed by atoms with E-state index in [9.17, 15) is 15.3 Å². The van der Waals surface area contributed by atoms with Crippen LogP contribution in [0, 0.1) is 0 Å². The molecule has 0 unspecified atom stereocenters. The fourth-order valence-corrected chi connectivity index (χ4v) is 4.54. The van der Waals surface area contributed by atoms with Gasteiger partial charge in [0.2, 0.25) is 0 Å². The number of phenols is 3. The van der Waals surface area contributed by atoms with Gasteiger partial charge in [0.1, 0.15) is 17.2 Å². The smallest absolute Gasteiger partial charge is 0.115 e. The van der Waals surface area contributed by atoms with Crippen LogP contribution < -0.4 is 0 Å². The Morgan fingerprint density at radius 2 is 1.00 bits per heavy atom. The van der Waals surface area contributed by atoms with Crippen LogP contribution in [0.5, 0.6) is 17.2 Å². The maximum Gasteiger partial charge on any atom is 0.115 e. The van der Waals surface area contributed by atoms with E-state index in [2.05, 4.69) is 6.92 Å². The number of hydrogen-bond donors (Lipinski definition) is 3. The summed E-state index contributed by atoms with van der Waals surface area (Å²) in [5.41, 5.74) is 3.46. The van der Waals surface area contributed by atoms with Gasteiger partial charge >= 0.3 is 0 Å². The van der Waals surface area contributed by atoms with Gasteiger partial charge in [-0.2, -0.15) is 0 Å². The molecule has 3 aromatic rings. The van der Waals surface area contributed by atoms with E-state index in [1.165, 1.54) is 36.0 Å². The molecule has 0 amide bonds. The van der Waals surface area contributed by atoms with Crippen molar-refractivity contribution in [1.82, 2.24) is 0 Å². The monoisotopic (exact) mass is 418 g/mol. The van der Waals surface area contributed by atoms with Gasteiger partial charge in [-0.25, -0.2) is 0 Å². The van der Waals surface area contributed by atoms with Crippen LogP contribution >= 0.6 is 0 Å². The molecule has 0 aliphatic rings. The lowest BCUT2D eigenvalue weighted by Gasteiger charge is -2.36. The lowest BCUT2D eigenvalue weighted by atomic mass is 9.67. The predicted octanol–water partition coefficient (Wildman–Crippen LogP) is 7.08.